The molecule has 1 atom stereocenters. The normalized spacial score (nSPS) is 16.8. The number of allylic oxidation sites excluding steroid dienone is 1. The Balaban J connectivity index is 1.82. The number of nitrogens with zero attached hydrogens (tertiary/aromatic N) is 4. The molecule has 0 bridgehead atoms. The molecular weight excluding hydrogens is 318 g/mol. The molecule has 3 heterocycles. The highest BCUT2D eigenvalue weighted by atomic mass is 35.5. The third kappa shape index (κ3) is 2.20. The maximum Gasteiger partial charge on any atom is 0.248 e. The quantitative estimate of drug-likeness (QED) is 0.778. The molecule has 1 unspecified atom stereocenters. The lowest BCUT2D eigenvalue weighted by Crippen LogP contribution is -2.20. The lowest BCUT2D eigenvalue weighted by atomic mass is 10.1. The number of hydrogen-bond donors (Lipinski definition) is 1. The molecular formula is C15H12ClN5S. The number of thiophene rings is 1. The summed E-state index contributed by atoms with van der Waals surface area (Å²) in [5.41, 5.74) is 3.28. The van der Waals surface area contributed by atoms with Crippen molar-refractivity contribution in [2.45, 2.75) is 13.0 Å². The molecule has 0 saturated heterocycles. The van der Waals surface area contributed by atoms with E-state index in [9.17, 15) is 0 Å². The molecule has 0 radical (unpaired) electrons. The summed E-state index contributed by atoms with van der Waals surface area (Å²) < 4.78 is 1.80. The molecule has 0 saturated carbocycles. The fourth-order valence-corrected chi connectivity index (χ4v) is 3.63. The smallest absolute Gasteiger partial charge is 0.248 e. The van der Waals surface area contributed by atoms with Crippen molar-refractivity contribution in [2.75, 3.05) is 5.32 Å². The zero-order valence-electron chi connectivity index (χ0n) is 11.7. The summed E-state index contributed by atoms with van der Waals surface area (Å²) in [6, 6.07) is 9.84. The van der Waals surface area contributed by atoms with E-state index in [2.05, 4.69) is 45.3 Å². The molecule has 0 fully saturated rings. The number of fused-ring (bicyclic) bond motifs is 1. The number of halogens is 1. The Morgan fingerprint density at radius 1 is 1.23 bits per heavy atom. The number of nitrogens with one attached hydrogen (secondary N) is 1. The lowest BCUT2D eigenvalue weighted by Gasteiger charge is -2.23. The zero-order chi connectivity index (χ0) is 15.1. The van der Waals surface area contributed by atoms with Crippen LogP contribution in [0, 0.1) is 6.92 Å². The standard InChI is InChI=1S/C15H12ClN5S/c1-9-6-7-22-14(9)13-8-12(10-2-4-11(16)5-3-10)17-15-18-19-20-21(13)15/h2-8,13H,1H3,(H,17,18,20). The third-order valence-corrected chi connectivity index (χ3v) is 4.99. The maximum atomic E-state index is 5.97. The van der Waals surface area contributed by atoms with E-state index in [0.717, 1.165) is 16.3 Å². The minimum Gasteiger partial charge on any atom is -0.323 e. The van der Waals surface area contributed by atoms with Crippen molar-refractivity contribution >= 4 is 34.6 Å². The van der Waals surface area contributed by atoms with E-state index in [1.807, 2.05) is 24.3 Å². The van der Waals surface area contributed by atoms with E-state index in [4.69, 9.17) is 11.6 Å². The van der Waals surface area contributed by atoms with Gasteiger partial charge in [-0.2, -0.15) is 4.68 Å². The predicted molar refractivity (Wildman–Crippen MR) is 88.1 cm³/mol. The predicted octanol–water partition coefficient (Wildman–Crippen LogP) is 3.75. The van der Waals surface area contributed by atoms with Crippen molar-refractivity contribution in [3.8, 4) is 0 Å². The van der Waals surface area contributed by atoms with Gasteiger partial charge in [-0.15, -0.1) is 11.3 Å². The van der Waals surface area contributed by atoms with Gasteiger partial charge in [-0.1, -0.05) is 28.8 Å². The Kier molecular flexibility index (Phi) is 3.20. The van der Waals surface area contributed by atoms with Gasteiger partial charge in [0.05, 0.1) is 0 Å². The molecule has 0 amide bonds. The van der Waals surface area contributed by atoms with E-state index in [-0.39, 0.29) is 6.04 Å². The number of benzene rings is 1. The van der Waals surface area contributed by atoms with E-state index < -0.39 is 0 Å². The Morgan fingerprint density at radius 3 is 2.77 bits per heavy atom. The van der Waals surface area contributed by atoms with Gasteiger partial charge in [0.25, 0.3) is 0 Å². The number of anilines is 1. The van der Waals surface area contributed by atoms with Gasteiger partial charge in [0.15, 0.2) is 0 Å². The van der Waals surface area contributed by atoms with E-state index >= 15 is 0 Å². The van der Waals surface area contributed by atoms with Crippen molar-refractivity contribution in [1.82, 2.24) is 20.2 Å². The molecule has 1 N–H and O–H groups in total. The molecule has 2 aromatic heterocycles. The summed E-state index contributed by atoms with van der Waals surface area (Å²) in [6.45, 7) is 2.10. The number of aromatic nitrogens is 4. The topological polar surface area (TPSA) is 55.6 Å². The van der Waals surface area contributed by atoms with Crippen LogP contribution in [0.5, 0.6) is 0 Å². The van der Waals surface area contributed by atoms with Crippen molar-refractivity contribution in [3.05, 3.63) is 62.8 Å². The molecule has 110 valence electrons. The van der Waals surface area contributed by atoms with Crippen LogP contribution >= 0.6 is 22.9 Å². The SMILES string of the molecule is Cc1ccsc1C1C=C(c2ccc(Cl)cc2)Nc2nnnn21. The largest absolute Gasteiger partial charge is 0.323 e. The van der Waals surface area contributed by atoms with Gasteiger partial charge < -0.3 is 5.32 Å². The molecule has 5 nitrogen and oxygen atoms in total. The van der Waals surface area contributed by atoms with Gasteiger partial charge in [0.2, 0.25) is 5.95 Å². The first-order valence-electron chi connectivity index (χ1n) is 6.79. The van der Waals surface area contributed by atoms with E-state index in [0.29, 0.717) is 5.95 Å². The Morgan fingerprint density at radius 2 is 2.05 bits per heavy atom. The fraction of sp³-hybridized carbons (Fsp3) is 0.133. The zero-order valence-corrected chi connectivity index (χ0v) is 13.3. The molecule has 0 aliphatic carbocycles. The van der Waals surface area contributed by atoms with Crippen LogP contribution in [0.1, 0.15) is 22.0 Å². The highest BCUT2D eigenvalue weighted by Crippen LogP contribution is 2.35. The van der Waals surface area contributed by atoms with Crippen molar-refractivity contribution in [3.63, 3.8) is 0 Å². The Labute approximate surface area is 136 Å². The first kappa shape index (κ1) is 13.5. The second-order valence-corrected chi connectivity index (χ2v) is 6.46. The van der Waals surface area contributed by atoms with Crippen molar-refractivity contribution in [1.29, 1.82) is 0 Å². The first-order valence-corrected chi connectivity index (χ1v) is 8.05. The van der Waals surface area contributed by atoms with Gasteiger partial charge in [0, 0.05) is 15.6 Å². The number of hydrogen-bond acceptors (Lipinski definition) is 5. The highest BCUT2D eigenvalue weighted by molar-refractivity contribution is 7.10. The van der Waals surface area contributed by atoms with Crippen molar-refractivity contribution in [2.24, 2.45) is 0 Å². The van der Waals surface area contributed by atoms with Gasteiger partial charge in [0.1, 0.15) is 6.04 Å². The number of tetrazole rings is 1. The minimum atomic E-state index is -0.00284. The summed E-state index contributed by atoms with van der Waals surface area (Å²) in [5.74, 6) is 0.644. The van der Waals surface area contributed by atoms with Crippen LogP contribution in [0.3, 0.4) is 0 Å². The van der Waals surface area contributed by atoms with E-state index in [1.165, 1.54) is 10.4 Å². The van der Waals surface area contributed by atoms with E-state index in [1.54, 1.807) is 16.0 Å². The third-order valence-electron chi connectivity index (χ3n) is 3.65. The van der Waals surface area contributed by atoms with Crippen LogP contribution in [0.4, 0.5) is 5.95 Å². The Hall–Kier alpha value is -2.18. The summed E-state index contributed by atoms with van der Waals surface area (Å²) in [7, 11) is 0. The average molecular weight is 330 g/mol. The minimum absolute atomic E-state index is 0.00284. The first-order chi connectivity index (χ1) is 10.7. The summed E-state index contributed by atoms with van der Waals surface area (Å²) in [6.07, 6.45) is 2.14. The fourth-order valence-electron chi connectivity index (χ4n) is 2.53. The second-order valence-electron chi connectivity index (χ2n) is 5.07. The molecule has 1 aromatic carbocycles. The molecule has 7 heteroatoms. The maximum absolute atomic E-state index is 5.97. The van der Waals surface area contributed by atoms with Crippen LogP contribution < -0.4 is 5.32 Å². The lowest BCUT2D eigenvalue weighted by molar-refractivity contribution is 0.591. The monoisotopic (exact) mass is 329 g/mol. The molecule has 1 aliphatic rings. The molecule has 1 aliphatic heterocycles. The van der Waals surface area contributed by atoms with Crippen LogP contribution in [-0.2, 0) is 0 Å². The van der Waals surface area contributed by atoms with Gasteiger partial charge in [-0.25, -0.2) is 0 Å². The Bertz CT molecular complexity index is 849. The van der Waals surface area contributed by atoms with Gasteiger partial charge >= 0.3 is 0 Å². The van der Waals surface area contributed by atoms with Crippen LogP contribution in [0.2, 0.25) is 5.02 Å². The summed E-state index contributed by atoms with van der Waals surface area (Å²) in [5, 5.41) is 18.0. The summed E-state index contributed by atoms with van der Waals surface area (Å²) >= 11 is 7.68. The molecule has 3 aromatic rings. The number of aryl methyl sites for hydroxylation is 1. The average Bonchev–Trinajstić information content (AvgIpc) is 3.15. The summed E-state index contributed by atoms with van der Waals surface area (Å²) in [4.78, 5) is 1.24. The van der Waals surface area contributed by atoms with Gasteiger partial charge in [-0.3, -0.25) is 0 Å². The van der Waals surface area contributed by atoms with Crippen LogP contribution in [0.15, 0.2) is 41.8 Å². The second kappa shape index (κ2) is 5.23. The molecule has 4 rings (SSSR count). The molecule has 22 heavy (non-hydrogen) atoms. The van der Waals surface area contributed by atoms with Gasteiger partial charge in [-0.05, 0) is 58.1 Å². The molecule has 0 spiro atoms. The van der Waals surface area contributed by atoms with Crippen molar-refractivity contribution < 1.29 is 0 Å². The van der Waals surface area contributed by atoms with Crippen LogP contribution in [-0.4, -0.2) is 20.2 Å². The number of rotatable bonds is 2. The highest BCUT2D eigenvalue weighted by Gasteiger charge is 2.26. The van der Waals surface area contributed by atoms with Crippen LogP contribution in [0.25, 0.3) is 5.70 Å².